The van der Waals surface area contributed by atoms with Crippen LogP contribution >= 0.6 is 0 Å². The molecule has 1 atom stereocenters. The first-order chi connectivity index (χ1) is 18.6. The Balaban J connectivity index is 1.49. The van der Waals surface area contributed by atoms with Crippen molar-refractivity contribution in [1.82, 2.24) is 30.0 Å². The van der Waals surface area contributed by atoms with Gasteiger partial charge in [-0.1, -0.05) is 0 Å². The van der Waals surface area contributed by atoms with Gasteiger partial charge in [0.15, 0.2) is 5.82 Å². The lowest BCUT2D eigenvalue weighted by atomic mass is 9.94. The summed E-state index contributed by atoms with van der Waals surface area (Å²) >= 11 is 0. The summed E-state index contributed by atoms with van der Waals surface area (Å²) in [4.78, 5) is 18.2. The third kappa shape index (κ3) is 4.80. The maximum atomic E-state index is 16.5. The summed E-state index contributed by atoms with van der Waals surface area (Å²) in [5.74, 6) is 0.0233. The molecule has 1 aliphatic carbocycles. The van der Waals surface area contributed by atoms with Gasteiger partial charge in [-0.15, -0.1) is 0 Å². The Hall–Kier alpha value is -3.37. The number of nitrogens with zero attached hydrogens (tertiary/aromatic N) is 6. The minimum absolute atomic E-state index is 0.0737. The van der Waals surface area contributed by atoms with Gasteiger partial charge in [-0.05, 0) is 77.7 Å². The van der Waals surface area contributed by atoms with E-state index in [-0.39, 0.29) is 22.6 Å². The van der Waals surface area contributed by atoms with Crippen LogP contribution in [0.5, 0.6) is 6.01 Å². The molecule has 206 valence electrons. The Morgan fingerprint density at radius 1 is 1.15 bits per heavy atom. The van der Waals surface area contributed by atoms with E-state index in [1.807, 2.05) is 31.7 Å². The molecule has 3 aromatic heterocycles. The van der Waals surface area contributed by atoms with Gasteiger partial charge in [-0.2, -0.15) is 15.1 Å². The van der Waals surface area contributed by atoms with Crippen LogP contribution in [0.1, 0.15) is 43.7 Å². The summed E-state index contributed by atoms with van der Waals surface area (Å²) < 4.78 is 22.7. The second kappa shape index (κ2) is 9.38. The molecular formula is C29H36FN7O2. The Morgan fingerprint density at radius 2 is 1.95 bits per heavy atom. The average molecular weight is 534 g/mol. The number of halogens is 1. The first kappa shape index (κ1) is 25.9. The van der Waals surface area contributed by atoms with Crippen LogP contribution in [-0.4, -0.2) is 81.1 Å². The maximum absolute atomic E-state index is 16.5. The van der Waals surface area contributed by atoms with Gasteiger partial charge in [0.05, 0.1) is 29.3 Å². The highest BCUT2D eigenvalue weighted by atomic mass is 19.1. The summed E-state index contributed by atoms with van der Waals surface area (Å²) in [5, 5.41) is 19.3. The lowest BCUT2D eigenvalue weighted by molar-refractivity contribution is 0.0447. The van der Waals surface area contributed by atoms with Crippen LogP contribution in [0.4, 0.5) is 10.2 Å². The van der Waals surface area contributed by atoms with Gasteiger partial charge >= 0.3 is 6.01 Å². The van der Waals surface area contributed by atoms with Crippen LogP contribution in [0, 0.1) is 25.1 Å². The van der Waals surface area contributed by atoms with Gasteiger partial charge in [-0.3, -0.25) is 10.1 Å². The fourth-order valence-corrected chi connectivity index (χ4v) is 5.95. The number of nitrogens with one attached hydrogen (secondary N) is 1. The van der Waals surface area contributed by atoms with Gasteiger partial charge in [0, 0.05) is 42.2 Å². The van der Waals surface area contributed by atoms with E-state index in [0.29, 0.717) is 42.9 Å². The third-order valence-electron chi connectivity index (χ3n) is 8.24. The van der Waals surface area contributed by atoms with Crippen LogP contribution in [0.3, 0.4) is 0 Å². The molecule has 0 amide bonds. The molecule has 1 saturated heterocycles. The van der Waals surface area contributed by atoms with Crippen molar-refractivity contribution in [1.29, 1.82) is 0 Å². The molecule has 2 N–H and O–H groups in total. The molecular weight excluding hydrogens is 497 g/mol. The number of benzene rings is 1. The van der Waals surface area contributed by atoms with Crippen molar-refractivity contribution in [3.63, 3.8) is 0 Å². The van der Waals surface area contributed by atoms with Crippen molar-refractivity contribution in [2.75, 3.05) is 45.2 Å². The zero-order valence-electron chi connectivity index (χ0n) is 23.3. The summed E-state index contributed by atoms with van der Waals surface area (Å²) in [7, 11) is 4.11. The van der Waals surface area contributed by atoms with E-state index < -0.39 is 11.4 Å². The van der Waals surface area contributed by atoms with E-state index in [4.69, 9.17) is 9.72 Å². The van der Waals surface area contributed by atoms with Crippen LogP contribution < -0.4 is 9.64 Å². The predicted molar refractivity (Wildman–Crippen MR) is 150 cm³/mol. The molecule has 0 bridgehead atoms. The second-order valence-electron chi connectivity index (χ2n) is 12.1. The Morgan fingerprint density at radius 3 is 2.67 bits per heavy atom. The first-order valence-electron chi connectivity index (χ1n) is 13.6. The number of hydrogen-bond donors (Lipinski definition) is 2. The number of aromatic nitrogens is 5. The van der Waals surface area contributed by atoms with Gasteiger partial charge in [0.25, 0.3) is 0 Å². The van der Waals surface area contributed by atoms with E-state index >= 15 is 4.39 Å². The molecule has 10 heteroatoms. The number of aromatic amines is 1. The highest BCUT2D eigenvalue weighted by Gasteiger charge is 2.44. The zero-order chi connectivity index (χ0) is 27.5. The van der Waals surface area contributed by atoms with Gasteiger partial charge in [-0.25, -0.2) is 4.39 Å². The molecule has 0 radical (unpaired) electrons. The highest BCUT2D eigenvalue weighted by molar-refractivity contribution is 5.99. The molecule has 9 nitrogen and oxygen atoms in total. The fourth-order valence-electron chi connectivity index (χ4n) is 5.95. The maximum Gasteiger partial charge on any atom is 0.319 e. The average Bonchev–Trinajstić information content (AvgIpc) is 3.48. The fraction of sp³-hybridized carbons (Fsp3) is 0.517. The second-order valence-corrected chi connectivity index (χ2v) is 12.1. The summed E-state index contributed by atoms with van der Waals surface area (Å²) in [6.45, 7) is 8.26. The highest BCUT2D eigenvalue weighted by Crippen LogP contribution is 2.46. The van der Waals surface area contributed by atoms with Gasteiger partial charge in [0.1, 0.15) is 17.0 Å². The minimum Gasteiger partial charge on any atom is -0.463 e. The third-order valence-corrected chi connectivity index (χ3v) is 8.24. The largest absolute Gasteiger partial charge is 0.463 e. The van der Waals surface area contributed by atoms with E-state index in [2.05, 4.69) is 39.2 Å². The van der Waals surface area contributed by atoms with Crippen LogP contribution in [0.2, 0.25) is 0 Å². The topological polar surface area (TPSA) is 103 Å². The Kier molecular flexibility index (Phi) is 6.22. The molecule has 1 saturated carbocycles. The number of H-pyrrole nitrogens is 1. The minimum atomic E-state index is -0.863. The van der Waals surface area contributed by atoms with Crippen molar-refractivity contribution in [2.24, 2.45) is 5.41 Å². The molecule has 4 aromatic rings. The number of fused-ring (bicyclic) bond motifs is 2. The molecule has 4 heterocycles. The number of hydrogen-bond acceptors (Lipinski definition) is 8. The number of β-amino-alcohol motifs (C(OH)–C–C–N with tert-alkyl or cyclic N) is 1. The van der Waals surface area contributed by atoms with Crippen LogP contribution in [0.15, 0.2) is 18.5 Å². The number of ether oxygens (including phenoxy) is 1. The molecule has 1 aliphatic heterocycles. The monoisotopic (exact) mass is 533 g/mol. The summed E-state index contributed by atoms with van der Waals surface area (Å²) in [5.41, 5.74) is 3.08. The molecule has 1 aromatic carbocycles. The van der Waals surface area contributed by atoms with Crippen molar-refractivity contribution in [3.05, 3.63) is 35.4 Å². The van der Waals surface area contributed by atoms with Crippen molar-refractivity contribution in [2.45, 2.75) is 52.1 Å². The number of anilines is 1. The predicted octanol–water partition coefficient (Wildman–Crippen LogP) is 4.40. The van der Waals surface area contributed by atoms with E-state index in [9.17, 15) is 5.11 Å². The van der Waals surface area contributed by atoms with Crippen LogP contribution in [-0.2, 0) is 0 Å². The number of aliphatic hydroxyl groups is 1. The number of aryl methyl sites for hydroxylation is 1. The molecule has 0 unspecified atom stereocenters. The molecule has 6 rings (SSSR count). The van der Waals surface area contributed by atoms with E-state index in [1.165, 1.54) is 0 Å². The van der Waals surface area contributed by atoms with E-state index in [0.717, 1.165) is 47.8 Å². The van der Waals surface area contributed by atoms with Crippen molar-refractivity contribution in [3.8, 4) is 17.3 Å². The van der Waals surface area contributed by atoms with Crippen molar-refractivity contribution >= 4 is 27.6 Å². The number of pyridine rings is 1. The molecule has 2 fully saturated rings. The smallest absolute Gasteiger partial charge is 0.319 e. The molecule has 2 aliphatic rings. The van der Waals surface area contributed by atoms with Crippen LogP contribution in [0.25, 0.3) is 33.1 Å². The molecule has 39 heavy (non-hydrogen) atoms. The van der Waals surface area contributed by atoms with E-state index in [1.54, 1.807) is 12.4 Å². The summed E-state index contributed by atoms with van der Waals surface area (Å²) in [6.07, 6.45) is 7.02. The van der Waals surface area contributed by atoms with Gasteiger partial charge < -0.3 is 19.6 Å². The zero-order valence-corrected chi connectivity index (χ0v) is 23.3. The Bertz CT molecular complexity index is 1560. The number of rotatable bonds is 7. The Labute approximate surface area is 227 Å². The van der Waals surface area contributed by atoms with Gasteiger partial charge in [0.2, 0.25) is 0 Å². The lowest BCUT2D eigenvalue weighted by Crippen LogP contribution is -2.46. The SMILES string of the molecule is Cc1cc2[nH]ncc2c(-c2ncc3c(N4CCC[C@@](C)(O)C4)nc(OCC4(CN(C)C)CC4)nc3c2F)c1C. The quantitative estimate of drug-likeness (QED) is 0.361. The standard InChI is InChI=1S/C29H36FN7O2/c1-17-11-21-19(13-32-35-21)22(18(17)2)25-23(30)24-20(12-31-25)26(37-10-6-7-28(3,38)14-37)34-27(33-24)39-16-29(8-9-29)15-36(4)5/h11-13,38H,6-10,14-16H2,1-5H3,(H,32,35)/t28-/m1/s1. The van der Waals surface area contributed by atoms with Crippen molar-refractivity contribution < 1.29 is 14.2 Å². The lowest BCUT2D eigenvalue weighted by Gasteiger charge is -2.37. The first-order valence-corrected chi connectivity index (χ1v) is 13.6. The summed E-state index contributed by atoms with van der Waals surface area (Å²) in [6, 6.07) is 2.16. The number of piperidine rings is 1. The normalized spacial score (nSPS) is 20.8. The molecule has 0 spiro atoms.